The summed E-state index contributed by atoms with van der Waals surface area (Å²) in [6, 6.07) is 9.92. The number of halogens is 1. The maximum Gasteiger partial charge on any atom is 0.0934 e. The van der Waals surface area contributed by atoms with Gasteiger partial charge in [-0.3, -0.25) is 9.88 Å². The van der Waals surface area contributed by atoms with Crippen LogP contribution < -0.4 is 5.32 Å². The number of pyridine rings is 1. The summed E-state index contributed by atoms with van der Waals surface area (Å²) < 4.78 is 1.03. The number of benzene rings is 1. The van der Waals surface area contributed by atoms with Gasteiger partial charge in [-0.1, -0.05) is 12.1 Å². The third kappa shape index (κ3) is 2.42. The first-order chi connectivity index (χ1) is 9.79. The Morgan fingerprint density at radius 1 is 1.25 bits per heavy atom. The van der Waals surface area contributed by atoms with E-state index in [0.29, 0.717) is 6.04 Å². The molecule has 1 atom stereocenters. The molecule has 1 aliphatic carbocycles. The summed E-state index contributed by atoms with van der Waals surface area (Å²) in [5, 5.41) is 4.88. The first kappa shape index (κ1) is 12.6. The van der Waals surface area contributed by atoms with Crippen LogP contribution in [0.15, 0.2) is 34.9 Å². The van der Waals surface area contributed by atoms with E-state index in [1.807, 2.05) is 6.20 Å². The Labute approximate surface area is 127 Å². The summed E-state index contributed by atoms with van der Waals surface area (Å²) in [5.74, 6) is 0. The topological polar surface area (TPSA) is 28.2 Å². The fraction of sp³-hybridized carbons (Fsp3) is 0.438. The molecule has 20 heavy (non-hydrogen) atoms. The van der Waals surface area contributed by atoms with Gasteiger partial charge in [0, 0.05) is 41.2 Å². The lowest BCUT2D eigenvalue weighted by atomic mass is 10.1. The summed E-state index contributed by atoms with van der Waals surface area (Å²) in [4.78, 5) is 7.20. The van der Waals surface area contributed by atoms with Gasteiger partial charge in [0.1, 0.15) is 0 Å². The molecule has 104 valence electrons. The molecule has 1 aromatic carbocycles. The zero-order chi connectivity index (χ0) is 13.5. The molecule has 1 saturated heterocycles. The molecule has 3 nitrogen and oxygen atoms in total. The van der Waals surface area contributed by atoms with Crippen LogP contribution in [0.5, 0.6) is 0 Å². The Hall–Kier alpha value is -1.13. The lowest BCUT2D eigenvalue weighted by molar-refractivity contribution is 0.326. The van der Waals surface area contributed by atoms with E-state index in [4.69, 9.17) is 0 Å². The SMILES string of the molecule is Brc1cnc2c(NC3CCN(C4CC4)C3)cccc2c1. The predicted molar refractivity (Wildman–Crippen MR) is 86.1 cm³/mol. The van der Waals surface area contributed by atoms with Crippen molar-refractivity contribution in [1.82, 2.24) is 9.88 Å². The minimum atomic E-state index is 0.562. The zero-order valence-corrected chi connectivity index (χ0v) is 12.9. The van der Waals surface area contributed by atoms with Crippen molar-refractivity contribution in [3.05, 3.63) is 34.9 Å². The number of aromatic nitrogens is 1. The van der Waals surface area contributed by atoms with Gasteiger partial charge < -0.3 is 5.32 Å². The molecule has 2 aliphatic rings. The molecule has 0 radical (unpaired) electrons. The lowest BCUT2D eigenvalue weighted by Gasteiger charge is -2.17. The summed E-state index contributed by atoms with van der Waals surface area (Å²) in [6.45, 7) is 2.42. The number of likely N-dealkylation sites (tertiary alicyclic amines) is 1. The lowest BCUT2D eigenvalue weighted by Crippen LogP contribution is -2.27. The molecule has 1 saturated carbocycles. The van der Waals surface area contributed by atoms with Crippen LogP contribution in [-0.4, -0.2) is 35.1 Å². The van der Waals surface area contributed by atoms with E-state index in [0.717, 1.165) is 21.7 Å². The largest absolute Gasteiger partial charge is 0.379 e. The van der Waals surface area contributed by atoms with E-state index in [1.165, 1.54) is 37.7 Å². The molecule has 1 aliphatic heterocycles. The molecule has 1 N–H and O–H groups in total. The second kappa shape index (κ2) is 5.01. The molecule has 0 bridgehead atoms. The van der Waals surface area contributed by atoms with Gasteiger partial charge in [-0.2, -0.15) is 0 Å². The number of nitrogens with one attached hydrogen (secondary N) is 1. The smallest absolute Gasteiger partial charge is 0.0934 e. The molecule has 2 fully saturated rings. The van der Waals surface area contributed by atoms with Crippen molar-refractivity contribution in [2.75, 3.05) is 18.4 Å². The van der Waals surface area contributed by atoms with Gasteiger partial charge in [-0.25, -0.2) is 0 Å². The summed E-state index contributed by atoms with van der Waals surface area (Å²) in [6.07, 6.45) is 5.91. The maximum absolute atomic E-state index is 4.57. The van der Waals surface area contributed by atoms with Gasteiger partial charge in [0.2, 0.25) is 0 Å². The third-order valence-electron chi connectivity index (χ3n) is 4.32. The molecular formula is C16H18BrN3. The van der Waals surface area contributed by atoms with E-state index < -0.39 is 0 Å². The minimum absolute atomic E-state index is 0.562. The fourth-order valence-electron chi connectivity index (χ4n) is 3.15. The van der Waals surface area contributed by atoms with Gasteiger partial charge in [0.05, 0.1) is 11.2 Å². The summed E-state index contributed by atoms with van der Waals surface area (Å²) in [5.41, 5.74) is 2.23. The van der Waals surface area contributed by atoms with Crippen LogP contribution >= 0.6 is 15.9 Å². The normalized spacial score (nSPS) is 23.4. The van der Waals surface area contributed by atoms with Gasteiger partial charge in [-0.05, 0) is 47.3 Å². The molecule has 2 heterocycles. The van der Waals surface area contributed by atoms with Crippen LogP contribution in [0.3, 0.4) is 0 Å². The third-order valence-corrected chi connectivity index (χ3v) is 4.75. The highest BCUT2D eigenvalue weighted by molar-refractivity contribution is 9.10. The minimum Gasteiger partial charge on any atom is -0.379 e. The first-order valence-corrected chi connectivity index (χ1v) is 8.14. The van der Waals surface area contributed by atoms with Crippen LogP contribution in [0.25, 0.3) is 10.9 Å². The van der Waals surface area contributed by atoms with Crippen molar-refractivity contribution in [3.63, 3.8) is 0 Å². The van der Waals surface area contributed by atoms with Crippen LogP contribution in [0.1, 0.15) is 19.3 Å². The molecule has 1 unspecified atom stereocenters. The Kier molecular flexibility index (Phi) is 3.15. The van der Waals surface area contributed by atoms with Crippen LogP contribution in [0, 0.1) is 0 Å². The van der Waals surface area contributed by atoms with E-state index in [9.17, 15) is 0 Å². The number of rotatable bonds is 3. The molecule has 0 amide bonds. The van der Waals surface area contributed by atoms with Crippen molar-refractivity contribution in [2.24, 2.45) is 0 Å². The molecule has 2 aromatic rings. The Morgan fingerprint density at radius 3 is 3.00 bits per heavy atom. The standard InChI is InChI=1S/C16H18BrN3/c17-12-8-11-2-1-3-15(16(11)18-9-12)19-13-6-7-20(10-13)14-4-5-14/h1-3,8-9,13-14,19H,4-7,10H2. The molecule has 4 heteroatoms. The molecule has 1 aromatic heterocycles. The highest BCUT2D eigenvalue weighted by Gasteiger charge is 2.34. The number of fused-ring (bicyclic) bond motifs is 1. The van der Waals surface area contributed by atoms with Crippen LogP contribution in [-0.2, 0) is 0 Å². The Morgan fingerprint density at radius 2 is 2.15 bits per heavy atom. The average molecular weight is 332 g/mol. The monoisotopic (exact) mass is 331 g/mol. The average Bonchev–Trinajstić information content (AvgIpc) is 3.19. The maximum atomic E-state index is 4.57. The van der Waals surface area contributed by atoms with Gasteiger partial charge >= 0.3 is 0 Å². The second-order valence-corrected chi connectivity index (χ2v) is 6.80. The van der Waals surface area contributed by atoms with Crippen molar-refractivity contribution in [2.45, 2.75) is 31.3 Å². The number of hydrogen-bond acceptors (Lipinski definition) is 3. The molecule has 4 rings (SSSR count). The van der Waals surface area contributed by atoms with Crippen molar-refractivity contribution >= 4 is 32.5 Å². The fourth-order valence-corrected chi connectivity index (χ4v) is 3.50. The van der Waals surface area contributed by atoms with Crippen molar-refractivity contribution in [3.8, 4) is 0 Å². The molecular weight excluding hydrogens is 314 g/mol. The van der Waals surface area contributed by atoms with Crippen molar-refractivity contribution < 1.29 is 0 Å². The highest BCUT2D eigenvalue weighted by Crippen LogP contribution is 2.31. The Balaban J connectivity index is 1.56. The van der Waals surface area contributed by atoms with E-state index in [-0.39, 0.29) is 0 Å². The Bertz CT molecular complexity index is 639. The summed E-state index contributed by atoms with van der Waals surface area (Å²) >= 11 is 3.49. The van der Waals surface area contributed by atoms with Crippen LogP contribution in [0.2, 0.25) is 0 Å². The first-order valence-electron chi connectivity index (χ1n) is 7.34. The van der Waals surface area contributed by atoms with Gasteiger partial charge in [0.15, 0.2) is 0 Å². The van der Waals surface area contributed by atoms with E-state index >= 15 is 0 Å². The number of hydrogen-bond donors (Lipinski definition) is 1. The molecule has 0 spiro atoms. The predicted octanol–water partition coefficient (Wildman–Crippen LogP) is 3.65. The van der Waals surface area contributed by atoms with Crippen molar-refractivity contribution in [1.29, 1.82) is 0 Å². The highest BCUT2D eigenvalue weighted by atomic mass is 79.9. The van der Waals surface area contributed by atoms with E-state index in [2.05, 4.69) is 55.4 Å². The number of nitrogens with zero attached hydrogens (tertiary/aromatic N) is 2. The summed E-state index contributed by atoms with van der Waals surface area (Å²) in [7, 11) is 0. The van der Waals surface area contributed by atoms with Gasteiger partial charge in [0.25, 0.3) is 0 Å². The van der Waals surface area contributed by atoms with Crippen LogP contribution in [0.4, 0.5) is 5.69 Å². The second-order valence-electron chi connectivity index (χ2n) is 5.89. The quantitative estimate of drug-likeness (QED) is 0.930. The zero-order valence-electron chi connectivity index (χ0n) is 11.3. The number of para-hydroxylation sites is 1. The number of anilines is 1. The van der Waals surface area contributed by atoms with E-state index in [1.54, 1.807) is 0 Å². The van der Waals surface area contributed by atoms with Gasteiger partial charge in [-0.15, -0.1) is 0 Å².